The number of carbonyl (C=O) groups is 2. The van der Waals surface area contributed by atoms with Gasteiger partial charge in [0.25, 0.3) is 5.91 Å². The number of carbonyl (C=O) groups excluding carboxylic acids is 2. The fourth-order valence-electron chi connectivity index (χ4n) is 2.15. The molecule has 1 amide bonds. The Morgan fingerprint density at radius 3 is 2.35 bits per heavy atom. The Morgan fingerprint density at radius 1 is 1.12 bits per heavy atom. The average Bonchev–Trinajstić information content (AvgIpc) is 2.60. The number of rotatable bonds is 6. The number of benzene rings is 2. The normalized spacial score (nSPS) is 11.1. The third-order valence-corrected chi connectivity index (χ3v) is 3.77. The zero-order valence-corrected chi connectivity index (χ0v) is 14.4. The number of ether oxygens (including phenoxy) is 1. The molecule has 4 nitrogen and oxygen atoms in total. The highest BCUT2D eigenvalue weighted by molar-refractivity contribution is 6.34. The van der Waals surface area contributed by atoms with Gasteiger partial charge in [0.05, 0.1) is 16.3 Å². The van der Waals surface area contributed by atoms with E-state index in [4.69, 9.17) is 16.3 Å². The summed E-state index contributed by atoms with van der Waals surface area (Å²) in [5, 5.41) is 1.90. The van der Waals surface area contributed by atoms with Crippen LogP contribution in [0.5, 0.6) is 5.75 Å². The van der Waals surface area contributed by atoms with Crippen LogP contribution in [0.2, 0.25) is 5.02 Å². The van der Waals surface area contributed by atoms with E-state index in [0.29, 0.717) is 17.7 Å². The van der Waals surface area contributed by atoms with Crippen molar-refractivity contribution in [3.8, 4) is 5.75 Å². The number of ketones is 1. The summed E-state index contributed by atoms with van der Waals surface area (Å²) < 4.78 is 44.2. The van der Waals surface area contributed by atoms with E-state index in [-0.39, 0.29) is 10.8 Å². The smallest absolute Gasteiger partial charge is 0.418 e. The van der Waals surface area contributed by atoms with Gasteiger partial charge in [-0.25, -0.2) is 0 Å². The lowest BCUT2D eigenvalue weighted by Crippen LogP contribution is -2.22. The van der Waals surface area contributed by atoms with Crippen LogP contribution in [-0.2, 0) is 11.0 Å². The molecular formula is C18H15ClF3NO3. The average molecular weight is 386 g/mol. The van der Waals surface area contributed by atoms with Gasteiger partial charge < -0.3 is 10.1 Å². The molecule has 0 bridgehead atoms. The molecule has 1 N–H and O–H groups in total. The number of halogens is 4. The molecule has 0 atom stereocenters. The van der Waals surface area contributed by atoms with Gasteiger partial charge in [-0.05, 0) is 36.4 Å². The van der Waals surface area contributed by atoms with Crippen molar-refractivity contribution >= 4 is 29.0 Å². The van der Waals surface area contributed by atoms with E-state index in [9.17, 15) is 22.8 Å². The van der Waals surface area contributed by atoms with Crippen LogP contribution >= 0.6 is 11.6 Å². The minimum atomic E-state index is -4.66. The van der Waals surface area contributed by atoms with Crippen molar-refractivity contribution < 1.29 is 27.5 Å². The summed E-state index contributed by atoms with van der Waals surface area (Å²) in [7, 11) is 0. The molecule has 2 rings (SSSR count). The highest BCUT2D eigenvalue weighted by atomic mass is 35.5. The van der Waals surface area contributed by atoms with Gasteiger partial charge in [-0.3, -0.25) is 9.59 Å². The van der Waals surface area contributed by atoms with Gasteiger partial charge in [0, 0.05) is 12.0 Å². The van der Waals surface area contributed by atoms with Gasteiger partial charge in [-0.1, -0.05) is 24.6 Å². The van der Waals surface area contributed by atoms with Crippen molar-refractivity contribution in [3.63, 3.8) is 0 Å². The second-order valence-electron chi connectivity index (χ2n) is 5.30. The van der Waals surface area contributed by atoms with Crippen LogP contribution < -0.4 is 10.1 Å². The Labute approximate surface area is 152 Å². The molecule has 0 fully saturated rings. The molecule has 0 radical (unpaired) electrons. The summed E-state index contributed by atoms with van der Waals surface area (Å²) in [6, 6.07) is 9.34. The highest BCUT2D eigenvalue weighted by Crippen LogP contribution is 2.38. The van der Waals surface area contributed by atoms with E-state index in [0.717, 1.165) is 12.1 Å². The van der Waals surface area contributed by atoms with Crippen LogP contribution in [0.4, 0.5) is 18.9 Å². The number of Topliss-reactive ketones (excluding diaryl/α,β-unsaturated/α-hetero) is 1. The molecule has 0 heterocycles. The number of nitrogens with one attached hydrogen (secondary N) is 1. The van der Waals surface area contributed by atoms with Gasteiger partial charge in [-0.15, -0.1) is 0 Å². The first-order valence-electron chi connectivity index (χ1n) is 7.64. The first-order chi connectivity index (χ1) is 12.2. The number of para-hydroxylation sites is 1. The lowest BCUT2D eigenvalue weighted by atomic mass is 10.1. The number of alkyl halides is 3. The number of hydrogen-bond acceptors (Lipinski definition) is 3. The molecular weight excluding hydrogens is 371 g/mol. The van der Waals surface area contributed by atoms with Crippen molar-refractivity contribution in [2.24, 2.45) is 0 Å². The Balaban J connectivity index is 2.03. The maximum Gasteiger partial charge on any atom is 0.418 e. The van der Waals surface area contributed by atoms with E-state index in [1.54, 1.807) is 19.1 Å². The summed E-state index contributed by atoms with van der Waals surface area (Å²) in [5.41, 5.74) is -1.05. The van der Waals surface area contributed by atoms with Crippen molar-refractivity contribution in [1.82, 2.24) is 0 Å². The zero-order valence-electron chi connectivity index (χ0n) is 13.7. The van der Waals surface area contributed by atoms with Crippen molar-refractivity contribution in [1.29, 1.82) is 0 Å². The summed E-state index contributed by atoms with van der Waals surface area (Å²) in [5.74, 6) is -0.520. The minimum absolute atomic E-state index is 0.0345. The first kappa shape index (κ1) is 19.8. The van der Waals surface area contributed by atoms with Crippen LogP contribution in [0.3, 0.4) is 0 Å². The van der Waals surface area contributed by atoms with E-state index in [2.05, 4.69) is 5.32 Å². The Morgan fingerprint density at radius 2 is 1.77 bits per heavy atom. The number of amides is 1. The van der Waals surface area contributed by atoms with E-state index < -0.39 is 29.9 Å². The van der Waals surface area contributed by atoms with Crippen molar-refractivity contribution in [3.05, 3.63) is 58.6 Å². The fourth-order valence-corrected chi connectivity index (χ4v) is 2.37. The van der Waals surface area contributed by atoms with Crippen molar-refractivity contribution in [2.45, 2.75) is 19.5 Å². The van der Waals surface area contributed by atoms with Gasteiger partial charge in [0.1, 0.15) is 5.75 Å². The monoisotopic (exact) mass is 385 g/mol. The second kappa shape index (κ2) is 8.23. The summed E-state index contributed by atoms with van der Waals surface area (Å²) >= 11 is 5.77. The summed E-state index contributed by atoms with van der Waals surface area (Å²) in [6.07, 6.45) is -4.29. The summed E-state index contributed by atoms with van der Waals surface area (Å²) in [6.45, 7) is 1.23. The maximum atomic E-state index is 13.0. The fraction of sp³-hybridized carbons (Fsp3) is 0.222. The molecule has 0 spiro atoms. The molecule has 0 aliphatic carbocycles. The Bertz CT molecular complexity index is 804. The lowest BCUT2D eigenvalue weighted by molar-refractivity contribution is -0.137. The number of anilines is 1. The third-order valence-electron chi connectivity index (χ3n) is 3.45. The first-order valence-corrected chi connectivity index (χ1v) is 8.01. The highest BCUT2D eigenvalue weighted by Gasteiger charge is 2.34. The lowest BCUT2D eigenvalue weighted by Gasteiger charge is -2.15. The standard InChI is InChI=1S/C18H15ClF3NO3/c1-2-15(24)11-6-8-12(9-7-11)26-10-16(25)23-17-13(18(20,21)22)4-3-5-14(17)19/h3-9H,2,10H2,1H3,(H,23,25). The Hall–Kier alpha value is -2.54. The molecule has 0 unspecified atom stereocenters. The van der Waals surface area contributed by atoms with Gasteiger partial charge in [-0.2, -0.15) is 13.2 Å². The van der Waals surface area contributed by atoms with Gasteiger partial charge in [0.15, 0.2) is 12.4 Å². The minimum Gasteiger partial charge on any atom is -0.484 e. The molecule has 0 aromatic heterocycles. The van der Waals surface area contributed by atoms with Crippen LogP contribution in [0.15, 0.2) is 42.5 Å². The van der Waals surface area contributed by atoms with Crippen LogP contribution in [0, 0.1) is 0 Å². The van der Waals surface area contributed by atoms with Crippen molar-refractivity contribution in [2.75, 3.05) is 11.9 Å². The molecule has 2 aromatic carbocycles. The molecule has 0 saturated heterocycles. The molecule has 26 heavy (non-hydrogen) atoms. The van der Waals surface area contributed by atoms with Gasteiger partial charge in [0.2, 0.25) is 0 Å². The topological polar surface area (TPSA) is 55.4 Å². The van der Waals surface area contributed by atoms with Gasteiger partial charge >= 0.3 is 6.18 Å². The second-order valence-corrected chi connectivity index (χ2v) is 5.71. The Kier molecular flexibility index (Phi) is 6.26. The maximum absolute atomic E-state index is 13.0. The molecule has 8 heteroatoms. The van der Waals surface area contributed by atoms with Crippen LogP contribution in [0.1, 0.15) is 29.3 Å². The molecule has 0 aliphatic rings. The summed E-state index contributed by atoms with van der Waals surface area (Å²) in [4.78, 5) is 23.5. The van der Waals surface area contributed by atoms with E-state index in [1.807, 2.05) is 0 Å². The van der Waals surface area contributed by atoms with E-state index >= 15 is 0 Å². The van der Waals surface area contributed by atoms with E-state index in [1.165, 1.54) is 18.2 Å². The number of hydrogen-bond donors (Lipinski definition) is 1. The molecule has 0 aliphatic heterocycles. The molecule has 0 saturated carbocycles. The van der Waals surface area contributed by atoms with Crippen LogP contribution in [0.25, 0.3) is 0 Å². The third kappa shape index (κ3) is 4.98. The largest absolute Gasteiger partial charge is 0.484 e. The predicted octanol–water partition coefficient (Wildman–Crippen LogP) is 4.97. The molecule has 138 valence electrons. The quantitative estimate of drug-likeness (QED) is 0.714. The predicted molar refractivity (Wildman–Crippen MR) is 91.6 cm³/mol. The van der Waals surface area contributed by atoms with Crippen LogP contribution in [-0.4, -0.2) is 18.3 Å². The zero-order chi connectivity index (χ0) is 19.3. The molecule has 2 aromatic rings. The SMILES string of the molecule is CCC(=O)c1ccc(OCC(=O)Nc2c(Cl)cccc2C(F)(F)F)cc1.